The summed E-state index contributed by atoms with van der Waals surface area (Å²) in [7, 11) is 0. The molecule has 0 aromatic heterocycles. The number of carbonyl (C=O) groups excluding carboxylic acids is 1. The number of rotatable bonds is 2. The fourth-order valence-electron chi connectivity index (χ4n) is 0.875. The average Bonchev–Trinajstić information content (AvgIpc) is 2.10. The Morgan fingerprint density at radius 1 is 1.60 bits per heavy atom. The van der Waals surface area contributed by atoms with Gasteiger partial charge in [0.05, 0.1) is 10.8 Å². The molecule has 0 atom stereocenters. The van der Waals surface area contributed by atoms with Crippen molar-refractivity contribution in [2.45, 2.75) is 6.92 Å². The number of hydrogen-bond donors (Lipinski definition) is 1. The van der Waals surface area contributed by atoms with E-state index in [1.54, 1.807) is 25.1 Å². The molecule has 0 unspecified atom stereocenters. The Balaban J connectivity index is 2.69. The lowest BCUT2D eigenvalue weighted by Gasteiger charge is -2.06. The average molecular weight is 291 g/mol. The molecule has 5 heteroatoms. The van der Waals surface area contributed by atoms with E-state index in [2.05, 4.69) is 27.8 Å². The van der Waals surface area contributed by atoms with Crippen LogP contribution in [0.5, 0.6) is 0 Å². The zero-order valence-electron chi connectivity index (χ0n) is 8.01. The molecule has 80 valence electrons. The first-order valence-corrected chi connectivity index (χ1v) is 5.25. The minimum Gasteiger partial charge on any atom is -0.416 e. The quantitative estimate of drug-likeness (QED) is 0.830. The Labute approximate surface area is 101 Å². The second-order valence-electron chi connectivity index (χ2n) is 2.85. The van der Waals surface area contributed by atoms with E-state index in [9.17, 15) is 4.79 Å². The van der Waals surface area contributed by atoms with Gasteiger partial charge in [-0.15, -0.1) is 0 Å². The van der Waals surface area contributed by atoms with Crippen molar-refractivity contribution in [1.29, 1.82) is 0 Å². The van der Waals surface area contributed by atoms with Gasteiger partial charge in [-0.3, -0.25) is 5.32 Å². The molecule has 0 saturated carbocycles. The van der Waals surface area contributed by atoms with Gasteiger partial charge in [0.1, 0.15) is 0 Å². The molecule has 0 radical (unpaired) electrons. The molecule has 0 saturated heterocycles. The van der Waals surface area contributed by atoms with E-state index >= 15 is 0 Å². The summed E-state index contributed by atoms with van der Waals surface area (Å²) >= 11 is 9.09. The molecule has 0 spiro atoms. The Bertz CT molecular complexity index is 406. The summed E-state index contributed by atoms with van der Waals surface area (Å²) in [5.41, 5.74) is 0.564. The summed E-state index contributed by atoms with van der Waals surface area (Å²) < 4.78 is 5.49. The Kier molecular flexibility index (Phi) is 4.17. The van der Waals surface area contributed by atoms with Gasteiger partial charge in [0.25, 0.3) is 0 Å². The zero-order chi connectivity index (χ0) is 11.4. The zero-order valence-corrected chi connectivity index (χ0v) is 10.4. The topological polar surface area (TPSA) is 38.3 Å². The first kappa shape index (κ1) is 12.1. The van der Waals surface area contributed by atoms with Crippen molar-refractivity contribution in [2.24, 2.45) is 0 Å². The van der Waals surface area contributed by atoms with Gasteiger partial charge in [-0.25, -0.2) is 4.79 Å². The molecule has 1 N–H and O–H groups in total. The monoisotopic (exact) mass is 289 g/mol. The van der Waals surface area contributed by atoms with Crippen LogP contribution in [0.25, 0.3) is 0 Å². The van der Waals surface area contributed by atoms with E-state index in [0.29, 0.717) is 16.5 Å². The lowest BCUT2D eigenvalue weighted by Crippen LogP contribution is -2.12. The maximum absolute atomic E-state index is 11.2. The predicted molar refractivity (Wildman–Crippen MR) is 64.1 cm³/mol. The first-order valence-electron chi connectivity index (χ1n) is 4.08. The van der Waals surface area contributed by atoms with Crippen LogP contribution in [0.15, 0.2) is 35.0 Å². The van der Waals surface area contributed by atoms with E-state index in [4.69, 9.17) is 16.3 Å². The summed E-state index contributed by atoms with van der Waals surface area (Å²) in [6, 6.07) is 5.06. The molecule has 0 aliphatic carbocycles. The van der Waals surface area contributed by atoms with Crippen LogP contribution in [0.4, 0.5) is 10.5 Å². The van der Waals surface area contributed by atoms with Gasteiger partial charge in [0.2, 0.25) is 0 Å². The van der Waals surface area contributed by atoms with Crippen molar-refractivity contribution < 1.29 is 9.53 Å². The second-order valence-corrected chi connectivity index (χ2v) is 4.11. The van der Waals surface area contributed by atoms with E-state index in [1.807, 2.05) is 0 Å². The summed E-state index contributed by atoms with van der Waals surface area (Å²) in [6.45, 7) is 5.04. The first-order chi connectivity index (χ1) is 6.99. The van der Waals surface area contributed by atoms with Gasteiger partial charge in [-0.2, -0.15) is 0 Å². The van der Waals surface area contributed by atoms with Crippen molar-refractivity contribution >= 4 is 39.3 Å². The van der Waals surface area contributed by atoms with Crippen molar-refractivity contribution in [3.05, 3.63) is 40.0 Å². The van der Waals surface area contributed by atoms with Crippen molar-refractivity contribution in [3.63, 3.8) is 0 Å². The summed E-state index contributed by atoms with van der Waals surface area (Å²) in [4.78, 5) is 11.2. The molecule has 0 aliphatic rings. The number of nitrogens with one attached hydrogen (secondary N) is 1. The number of anilines is 1. The third kappa shape index (κ3) is 3.93. The SMILES string of the molecule is C=C(C)OC(=O)Nc1ccc(Br)c(Cl)c1. The van der Waals surface area contributed by atoms with Crippen LogP contribution in [-0.2, 0) is 4.74 Å². The van der Waals surface area contributed by atoms with Gasteiger partial charge in [-0.05, 0) is 41.1 Å². The van der Waals surface area contributed by atoms with Crippen molar-refractivity contribution in [2.75, 3.05) is 5.32 Å². The van der Waals surface area contributed by atoms with Crippen LogP contribution in [0, 0.1) is 0 Å². The fourth-order valence-corrected chi connectivity index (χ4v) is 1.30. The highest BCUT2D eigenvalue weighted by Crippen LogP contribution is 2.25. The third-order valence-corrected chi connectivity index (χ3v) is 2.67. The minimum absolute atomic E-state index is 0.329. The lowest BCUT2D eigenvalue weighted by molar-refractivity contribution is 0.192. The number of carbonyl (C=O) groups is 1. The Hall–Kier alpha value is -1.000. The molecule has 1 rings (SSSR count). The third-order valence-electron chi connectivity index (χ3n) is 1.43. The fraction of sp³-hybridized carbons (Fsp3) is 0.100. The highest BCUT2D eigenvalue weighted by Gasteiger charge is 2.04. The van der Waals surface area contributed by atoms with Gasteiger partial charge in [-0.1, -0.05) is 18.2 Å². The standard InChI is InChI=1S/C10H9BrClNO2/c1-6(2)15-10(14)13-7-3-4-8(11)9(12)5-7/h3-5H,1H2,2H3,(H,13,14). The van der Waals surface area contributed by atoms with Crippen LogP contribution >= 0.6 is 27.5 Å². The molecular formula is C10H9BrClNO2. The molecule has 0 bridgehead atoms. The van der Waals surface area contributed by atoms with Crippen LogP contribution in [0.1, 0.15) is 6.92 Å². The largest absolute Gasteiger partial charge is 0.416 e. The number of hydrogen-bond acceptors (Lipinski definition) is 2. The van der Waals surface area contributed by atoms with Gasteiger partial charge < -0.3 is 4.74 Å². The van der Waals surface area contributed by atoms with Gasteiger partial charge in [0, 0.05) is 10.2 Å². The van der Waals surface area contributed by atoms with E-state index < -0.39 is 6.09 Å². The van der Waals surface area contributed by atoms with Gasteiger partial charge >= 0.3 is 6.09 Å². The minimum atomic E-state index is -0.583. The van der Waals surface area contributed by atoms with Crippen LogP contribution < -0.4 is 5.32 Å². The van der Waals surface area contributed by atoms with Gasteiger partial charge in [0.15, 0.2) is 0 Å². The summed E-state index contributed by atoms with van der Waals surface area (Å²) in [5, 5.41) is 3.03. The summed E-state index contributed by atoms with van der Waals surface area (Å²) in [6.07, 6.45) is -0.583. The molecule has 1 aromatic rings. The molecule has 15 heavy (non-hydrogen) atoms. The molecule has 0 heterocycles. The van der Waals surface area contributed by atoms with E-state index in [1.165, 1.54) is 0 Å². The van der Waals surface area contributed by atoms with Crippen LogP contribution in [-0.4, -0.2) is 6.09 Å². The number of amides is 1. The molecule has 0 aliphatic heterocycles. The van der Waals surface area contributed by atoms with Crippen LogP contribution in [0.3, 0.4) is 0 Å². The highest BCUT2D eigenvalue weighted by atomic mass is 79.9. The number of halogens is 2. The Morgan fingerprint density at radius 3 is 2.80 bits per heavy atom. The molecule has 0 fully saturated rings. The maximum atomic E-state index is 11.2. The van der Waals surface area contributed by atoms with E-state index in [0.717, 1.165) is 4.47 Å². The second kappa shape index (κ2) is 5.19. The van der Waals surface area contributed by atoms with Crippen molar-refractivity contribution in [1.82, 2.24) is 0 Å². The smallest absolute Gasteiger partial charge is 0.416 e. The number of allylic oxidation sites excluding steroid dienone is 1. The van der Waals surface area contributed by atoms with Crippen LogP contribution in [0.2, 0.25) is 5.02 Å². The van der Waals surface area contributed by atoms with Crippen molar-refractivity contribution in [3.8, 4) is 0 Å². The van der Waals surface area contributed by atoms with E-state index in [-0.39, 0.29) is 0 Å². The normalized spacial score (nSPS) is 9.53. The Morgan fingerprint density at radius 2 is 2.27 bits per heavy atom. The number of benzene rings is 1. The summed E-state index contributed by atoms with van der Waals surface area (Å²) in [5.74, 6) is 0.329. The molecular weight excluding hydrogens is 281 g/mol. The predicted octanol–water partition coefficient (Wildman–Crippen LogP) is 4.18. The molecule has 1 aromatic carbocycles. The maximum Gasteiger partial charge on any atom is 0.416 e. The molecule has 3 nitrogen and oxygen atoms in total. The highest BCUT2D eigenvalue weighted by molar-refractivity contribution is 9.10. The lowest BCUT2D eigenvalue weighted by atomic mass is 10.3. The molecule has 1 amide bonds. The number of ether oxygens (including phenoxy) is 1.